The van der Waals surface area contributed by atoms with E-state index in [9.17, 15) is 4.79 Å². The number of carbonyl (C=O) groups is 1. The van der Waals surface area contributed by atoms with Gasteiger partial charge in [0.2, 0.25) is 0 Å². The van der Waals surface area contributed by atoms with Crippen LogP contribution in [0.15, 0.2) is 54.6 Å². The van der Waals surface area contributed by atoms with Gasteiger partial charge in [-0.1, -0.05) is 54.3 Å². The summed E-state index contributed by atoms with van der Waals surface area (Å²) in [7, 11) is 0. The van der Waals surface area contributed by atoms with Gasteiger partial charge >= 0.3 is 0 Å². The van der Waals surface area contributed by atoms with E-state index in [1.165, 1.54) is 5.56 Å². The van der Waals surface area contributed by atoms with Crippen LogP contribution in [-0.2, 0) is 6.42 Å². The average Bonchev–Trinajstić information content (AvgIpc) is 2.51. The number of hydrogen-bond acceptors (Lipinski definition) is 1. The first-order valence-corrected chi connectivity index (χ1v) is 7.00. The van der Waals surface area contributed by atoms with Crippen molar-refractivity contribution in [2.45, 2.75) is 19.3 Å². The SMILES string of the molecule is O=C1c2ccccc2CCC1CC#Cc1ccccc1. The van der Waals surface area contributed by atoms with Gasteiger partial charge < -0.3 is 0 Å². The Labute approximate surface area is 119 Å². The first kappa shape index (κ1) is 12.7. The smallest absolute Gasteiger partial charge is 0.167 e. The lowest BCUT2D eigenvalue weighted by atomic mass is 9.81. The number of ketones is 1. The summed E-state index contributed by atoms with van der Waals surface area (Å²) in [6, 6.07) is 17.9. The Balaban J connectivity index is 1.72. The summed E-state index contributed by atoms with van der Waals surface area (Å²) in [5.41, 5.74) is 3.09. The van der Waals surface area contributed by atoms with Crippen molar-refractivity contribution >= 4 is 5.78 Å². The summed E-state index contributed by atoms with van der Waals surface area (Å²) in [5.74, 6) is 6.61. The number of rotatable bonds is 1. The maximum absolute atomic E-state index is 12.4. The van der Waals surface area contributed by atoms with Gasteiger partial charge in [0.15, 0.2) is 5.78 Å². The molecule has 0 radical (unpaired) electrons. The molecule has 20 heavy (non-hydrogen) atoms. The molecule has 1 atom stereocenters. The van der Waals surface area contributed by atoms with Gasteiger partial charge in [-0.15, -0.1) is 0 Å². The van der Waals surface area contributed by atoms with E-state index in [-0.39, 0.29) is 11.7 Å². The number of benzene rings is 2. The summed E-state index contributed by atoms with van der Waals surface area (Å²) in [6.45, 7) is 0. The second kappa shape index (κ2) is 5.75. The quantitative estimate of drug-likeness (QED) is 0.711. The van der Waals surface area contributed by atoms with E-state index in [1.54, 1.807) is 0 Å². The van der Waals surface area contributed by atoms with Gasteiger partial charge in [0.25, 0.3) is 0 Å². The van der Waals surface area contributed by atoms with Crippen molar-refractivity contribution in [1.29, 1.82) is 0 Å². The van der Waals surface area contributed by atoms with Crippen LogP contribution < -0.4 is 0 Å². The van der Waals surface area contributed by atoms with E-state index in [2.05, 4.69) is 17.9 Å². The number of Topliss-reactive ketones (excluding diaryl/α,β-unsaturated/α-hetero) is 1. The molecule has 0 fully saturated rings. The summed E-state index contributed by atoms with van der Waals surface area (Å²) in [4.78, 5) is 12.4. The highest BCUT2D eigenvalue weighted by atomic mass is 16.1. The molecule has 0 saturated carbocycles. The topological polar surface area (TPSA) is 17.1 Å². The van der Waals surface area contributed by atoms with E-state index >= 15 is 0 Å². The zero-order valence-corrected chi connectivity index (χ0v) is 11.3. The Morgan fingerprint density at radius 1 is 1.00 bits per heavy atom. The summed E-state index contributed by atoms with van der Waals surface area (Å²) in [6.07, 6.45) is 2.56. The van der Waals surface area contributed by atoms with E-state index in [1.807, 2.05) is 48.5 Å². The van der Waals surface area contributed by atoms with Crippen LogP contribution in [0.3, 0.4) is 0 Å². The summed E-state index contributed by atoms with van der Waals surface area (Å²) < 4.78 is 0. The number of hydrogen-bond donors (Lipinski definition) is 0. The zero-order chi connectivity index (χ0) is 13.8. The first-order chi connectivity index (χ1) is 9.84. The fourth-order valence-corrected chi connectivity index (χ4v) is 2.65. The molecule has 1 unspecified atom stereocenters. The number of fused-ring (bicyclic) bond motifs is 1. The number of carbonyl (C=O) groups excluding carboxylic acids is 1. The minimum Gasteiger partial charge on any atom is -0.294 e. The predicted molar refractivity (Wildman–Crippen MR) is 80.5 cm³/mol. The lowest BCUT2D eigenvalue weighted by Gasteiger charge is -2.21. The Morgan fingerprint density at radius 3 is 2.60 bits per heavy atom. The van der Waals surface area contributed by atoms with Crippen molar-refractivity contribution in [2.75, 3.05) is 0 Å². The van der Waals surface area contributed by atoms with Crippen LogP contribution >= 0.6 is 0 Å². The zero-order valence-electron chi connectivity index (χ0n) is 11.3. The molecule has 1 aliphatic rings. The molecule has 1 aliphatic carbocycles. The van der Waals surface area contributed by atoms with E-state index in [0.29, 0.717) is 6.42 Å². The third kappa shape index (κ3) is 2.65. The predicted octanol–water partition coefficient (Wildman–Crippen LogP) is 3.87. The lowest BCUT2D eigenvalue weighted by molar-refractivity contribution is 0.0905. The van der Waals surface area contributed by atoms with Gasteiger partial charge in [0.05, 0.1) is 0 Å². The normalized spacial score (nSPS) is 17.0. The monoisotopic (exact) mass is 260 g/mol. The molecule has 0 aliphatic heterocycles. The molecule has 3 rings (SSSR count). The first-order valence-electron chi connectivity index (χ1n) is 7.00. The minimum atomic E-state index is 0.0566. The van der Waals surface area contributed by atoms with Crippen LogP contribution in [0.4, 0.5) is 0 Å². The van der Waals surface area contributed by atoms with Crippen LogP contribution in [0.2, 0.25) is 0 Å². The van der Waals surface area contributed by atoms with Crippen LogP contribution in [0.25, 0.3) is 0 Å². The van der Waals surface area contributed by atoms with Crippen molar-refractivity contribution in [3.8, 4) is 11.8 Å². The Morgan fingerprint density at radius 2 is 1.75 bits per heavy atom. The Kier molecular flexibility index (Phi) is 3.65. The second-order valence-corrected chi connectivity index (χ2v) is 5.13. The molecule has 0 spiro atoms. The maximum atomic E-state index is 12.4. The van der Waals surface area contributed by atoms with Crippen molar-refractivity contribution in [3.63, 3.8) is 0 Å². The van der Waals surface area contributed by atoms with Crippen molar-refractivity contribution < 1.29 is 4.79 Å². The molecule has 0 amide bonds. The van der Waals surface area contributed by atoms with Gasteiger partial charge in [0, 0.05) is 23.5 Å². The van der Waals surface area contributed by atoms with E-state index in [0.717, 1.165) is 24.0 Å². The van der Waals surface area contributed by atoms with Crippen LogP contribution in [0.1, 0.15) is 34.3 Å². The third-order valence-electron chi connectivity index (χ3n) is 3.77. The van der Waals surface area contributed by atoms with Gasteiger partial charge in [-0.2, -0.15) is 0 Å². The van der Waals surface area contributed by atoms with E-state index in [4.69, 9.17) is 0 Å². The van der Waals surface area contributed by atoms with Crippen molar-refractivity contribution in [3.05, 3.63) is 71.3 Å². The van der Waals surface area contributed by atoms with E-state index < -0.39 is 0 Å². The summed E-state index contributed by atoms with van der Waals surface area (Å²) >= 11 is 0. The van der Waals surface area contributed by atoms with Gasteiger partial charge in [0.1, 0.15) is 0 Å². The highest BCUT2D eigenvalue weighted by molar-refractivity contribution is 6.00. The number of aryl methyl sites for hydroxylation is 1. The average molecular weight is 260 g/mol. The van der Waals surface area contributed by atoms with Crippen LogP contribution in [0.5, 0.6) is 0 Å². The molecule has 1 nitrogen and oxygen atoms in total. The summed E-state index contributed by atoms with van der Waals surface area (Å²) in [5, 5.41) is 0. The third-order valence-corrected chi connectivity index (χ3v) is 3.77. The molecule has 0 bridgehead atoms. The molecule has 0 aromatic heterocycles. The van der Waals surface area contributed by atoms with Crippen LogP contribution in [0, 0.1) is 17.8 Å². The molecule has 1 heteroatoms. The standard InChI is InChI=1S/C19H16O/c20-19-17(11-6-9-15-7-2-1-3-8-15)14-13-16-10-4-5-12-18(16)19/h1-5,7-8,10,12,17H,11,13-14H2. The second-order valence-electron chi connectivity index (χ2n) is 5.13. The molecule has 0 N–H and O–H groups in total. The largest absolute Gasteiger partial charge is 0.294 e. The van der Waals surface area contributed by atoms with Crippen molar-refractivity contribution in [1.82, 2.24) is 0 Å². The minimum absolute atomic E-state index is 0.0566. The van der Waals surface area contributed by atoms with Gasteiger partial charge in [-0.3, -0.25) is 4.79 Å². The molecule has 98 valence electrons. The van der Waals surface area contributed by atoms with Gasteiger partial charge in [-0.25, -0.2) is 0 Å². The molecular formula is C19H16O. The molecule has 0 saturated heterocycles. The fraction of sp³-hybridized carbons (Fsp3) is 0.211. The fourth-order valence-electron chi connectivity index (χ4n) is 2.65. The lowest BCUT2D eigenvalue weighted by Crippen LogP contribution is -2.22. The van der Waals surface area contributed by atoms with Crippen LogP contribution in [-0.4, -0.2) is 5.78 Å². The highest BCUT2D eigenvalue weighted by Crippen LogP contribution is 2.27. The van der Waals surface area contributed by atoms with Crippen molar-refractivity contribution in [2.24, 2.45) is 5.92 Å². The Hall–Kier alpha value is -2.33. The molecular weight excluding hydrogens is 244 g/mol. The maximum Gasteiger partial charge on any atom is 0.167 e. The highest BCUT2D eigenvalue weighted by Gasteiger charge is 2.25. The Bertz CT molecular complexity index is 674. The molecule has 2 aromatic carbocycles. The van der Waals surface area contributed by atoms with Gasteiger partial charge in [-0.05, 0) is 30.5 Å². The molecule has 0 heterocycles. The molecule has 2 aromatic rings.